The highest BCUT2D eigenvalue weighted by Crippen LogP contribution is 2.38. The molecule has 2 nitrogen and oxygen atoms in total. The second-order valence-electron chi connectivity index (χ2n) is 5.47. The Labute approximate surface area is 105 Å². The van der Waals surface area contributed by atoms with Gasteiger partial charge in [-0.25, -0.2) is 0 Å². The molecule has 0 saturated heterocycles. The zero-order valence-electron chi connectivity index (χ0n) is 11.5. The van der Waals surface area contributed by atoms with Crippen LogP contribution < -0.4 is 0 Å². The van der Waals surface area contributed by atoms with Crippen LogP contribution in [0.1, 0.15) is 47.0 Å². The van der Waals surface area contributed by atoms with Crippen LogP contribution in [0.5, 0.6) is 0 Å². The van der Waals surface area contributed by atoms with Crippen molar-refractivity contribution >= 4 is 5.97 Å². The summed E-state index contributed by atoms with van der Waals surface area (Å²) in [4.78, 5) is 12.0. The SMILES string of the molecule is CC#CCOC(=O)[C@H]1CC(C)CCC1C(C)C. The summed E-state index contributed by atoms with van der Waals surface area (Å²) in [5.74, 6) is 7.23. The van der Waals surface area contributed by atoms with E-state index >= 15 is 0 Å². The number of ether oxygens (including phenoxy) is 1. The first-order valence-electron chi connectivity index (χ1n) is 6.62. The van der Waals surface area contributed by atoms with E-state index < -0.39 is 0 Å². The molecule has 0 aromatic carbocycles. The van der Waals surface area contributed by atoms with Crippen LogP contribution in [-0.2, 0) is 9.53 Å². The van der Waals surface area contributed by atoms with E-state index in [2.05, 4.69) is 32.6 Å². The second kappa shape index (κ2) is 6.69. The van der Waals surface area contributed by atoms with Crippen molar-refractivity contribution in [3.05, 3.63) is 0 Å². The Bertz CT molecular complexity index is 309. The smallest absolute Gasteiger partial charge is 0.310 e. The van der Waals surface area contributed by atoms with E-state index in [1.165, 1.54) is 6.42 Å². The van der Waals surface area contributed by atoms with Gasteiger partial charge in [0.2, 0.25) is 0 Å². The van der Waals surface area contributed by atoms with Gasteiger partial charge < -0.3 is 4.74 Å². The van der Waals surface area contributed by atoms with E-state index in [1.807, 2.05) is 0 Å². The Hall–Kier alpha value is -0.970. The molecule has 0 heterocycles. The lowest BCUT2D eigenvalue weighted by Gasteiger charge is -2.35. The first kappa shape index (κ1) is 14.1. The van der Waals surface area contributed by atoms with Crippen LogP contribution in [0.4, 0.5) is 0 Å². The Kier molecular flexibility index (Phi) is 5.55. The Morgan fingerprint density at radius 1 is 1.41 bits per heavy atom. The third-order valence-corrected chi connectivity index (χ3v) is 3.79. The number of rotatable bonds is 3. The van der Waals surface area contributed by atoms with Gasteiger partial charge in [-0.3, -0.25) is 4.79 Å². The van der Waals surface area contributed by atoms with E-state index in [0.717, 1.165) is 12.8 Å². The molecule has 0 spiro atoms. The van der Waals surface area contributed by atoms with Gasteiger partial charge in [0.05, 0.1) is 5.92 Å². The highest BCUT2D eigenvalue weighted by molar-refractivity contribution is 5.73. The van der Waals surface area contributed by atoms with Gasteiger partial charge in [-0.15, -0.1) is 5.92 Å². The predicted octanol–water partition coefficient (Wildman–Crippen LogP) is 3.26. The van der Waals surface area contributed by atoms with E-state index in [4.69, 9.17) is 4.74 Å². The van der Waals surface area contributed by atoms with E-state index in [0.29, 0.717) is 17.8 Å². The van der Waals surface area contributed by atoms with Gasteiger partial charge in [0.25, 0.3) is 0 Å². The minimum absolute atomic E-state index is 0.0435. The lowest BCUT2D eigenvalue weighted by atomic mass is 9.70. The number of carbonyl (C=O) groups is 1. The molecule has 1 fully saturated rings. The fourth-order valence-corrected chi connectivity index (χ4v) is 2.76. The summed E-state index contributed by atoms with van der Waals surface area (Å²) in [7, 11) is 0. The topological polar surface area (TPSA) is 26.3 Å². The zero-order valence-corrected chi connectivity index (χ0v) is 11.5. The number of hydrogen-bond donors (Lipinski definition) is 0. The summed E-state index contributed by atoms with van der Waals surface area (Å²) in [5, 5.41) is 0. The molecule has 2 heteroatoms. The van der Waals surface area contributed by atoms with Gasteiger partial charge in [0, 0.05) is 0 Å². The molecule has 17 heavy (non-hydrogen) atoms. The minimum atomic E-state index is -0.0435. The van der Waals surface area contributed by atoms with Crippen molar-refractivity contribution in [1.82, 2.24) is 0 Å². The van der Waals surface area contributed by atoms with Crippen LogP contribution in [0.25, 0.3) is 0 Å². The third-order valence-electron chi connectivity index (χ3n) is 3.79. The van der Waals surface area contributed by atoms with Gasteiger partial charge in [-0.05, 0) is 37.5 Å². The van der Waals surface area contributed by atoms with Crippen LogP contribution >= 0.6 is 0 Å². The second-order valence-corrected chi connectivity index (χ2v) is 5.47. The maximum absolute atomic E-state index is 12.0. The van der Waals surface area contributed by atoms with Gasteiger partial charge in [-0.1, -0.05) is 33.1 Å². The van der Waals surface area contributed by atoms with Crippen LogP contribution in [0.3, 0.4) is 0 Å². The molecule has 1 saturated carbocycles. The maximum Gasteiger partial charge on any atom is 0.310 e. The van der Waals surface area contributed by atoms with Crippen molar-refractivity contribution < 1.29 is 9.53 Å². The van der Waals surface area contributed by atoms with Crippen molar-refractivity contribution in [2.45, 2.75) is 47.0 Å². The lowest BCUT2D eigenvalue weighted by Crippen LogP contribution is -2.34. The molecule has 0 N–H and O–H groups in total. The van der Waals surface area contributed by atoms with Gasteiger partial charge in [0.15, 0.2) is 6.61 Å². The third kappa shape index (κ3) is 4.07. The summed E-state index contributed by atoms with van der Waals surface area (Å²) in [5.41, 5.74) is 0. The zero-order chi connectivity index (χ0) is 12.8. The van der Waals surface area contributed by atoms with E-state index in [1.54, 1.807) is 6.92 Å². The quantitative estimate of drug-likeness (QED) is 0.555. The summed E-state index contributed by atoms with van der Waals surface area (Å²) < 4.78 is 5.24. The van der Waals surface area contributed by atoms with Crippen LogP contribution in [0.2, 0.25) is 0 Å². The summed E-state index contributed by atoms with van der Waals surface area (Å²) in [6.45, 7) is 8.63. The summed E-state index contributed by atoms with van der Waals surface area (Å²) in [6.07, 6.45) is 3.36. The molecule has 0 aliphatic heterocycles. The molecule has 0 radical (unpaired) electrons. The average Bonchev–Trinajstić information content (AvgIpc) is 2.28. The number of carbonyl (C=O) groups excluding carboxylic acids is 1. The van der Waals surface area contributed by atoms with Crippen molar-refractivity contribution in [2.75, 3.05) is 6.61 Å². The number of hydrogen-bond acceptors (Lipinski definition) is 2. The summed E-state index contributed by atoms with van der Waals surface area (Å²) >= 11 is 0. The van der Waals surface area contributed by atoms with E-state index in [9.17, 15) is 4.79 Å². The van der Waals surface area contributed by atoms with Crippen LogP contribution in [0.15, 0.2) is 0 Å². The molecule has 0 amide bonds. The molecule has 3 atom stereocenters. The lowest BCUT2D eigenvalue weighted by molar-refractivity contribution is -0.151. The standard InChI is InChI=1S/C15H24O2/c1-5-6-9-17-15(16)14-10-12(4)7-8-13(14)11(2)3/h11-14H,7-10H2,1-4H3/t12?,13?,14-/m0/s1. The van der Waals surface area contributed by atoms with Crippen LogP contribution in [-0.4, -0.2) is 12.6 Å². The monoisotopic (exact) mass is 236 g/mol. The molecule has 1 aliphatic rings. The fourth-order valence-electron chi connectivity index (χ4n) is 2.76. The predicted molar refractivity (Wildman–Crippen MR) is 69.2 cm³/mol. The molecule has 2 unspecified atom stereocenters. The van der Waals surface area contributed by atoms with Crippen molar-refractivity contribution in [1.29, 1.82) is 0 Å². The average molecular weight is 236 g/mol. The van der Waals surface area contributed by atoms with Gasteiger partial charge in [-0.2, -0.15) is 0 Å². The first-order valence-corrected chi connectivity index (χ1v) is 6.62. The molecule has 0 aromatic rings. The molecular weight excluding hydrogens is 212 g/mol. The first-order chi connectivity index (χ1) is 8.06. The molecule has 1 aliphatic carbocycles. The van der Waals surface area contributed by atoms with Crippen molar-refractivity contribution in [2.24, 2.45) is 23.7 Å². The Morgan fingerprint density at radius 2 is 2.12 bits per heavy atom. The highest BCUT2D eigenvalue weighted by Gasteiger charge is 2.36. The summed E-state index contributed by atoms with van der Waals surface area (Å²) in [6, 6.07) is 0. The van der Waals surface area contributed by atoms with Gasteiger partial charge >= 0.3 is 5.97 Å². The van der Waals surface area contributed by atoms with Crippen LogP contribution in [0, 0.1) is 35.5 Å². The van der Waals surface area contributed by atoms with Crippen molar-refractivity contribution in [3.8, 4) is 11.8 Å². The van der Waals surface area contributed by atoms with E-state index in [-0.39, 0.29) is 18.5 Å². The number of esters is 1. The molecule has 96 valence electrons. The fraction of sp³-hybridized carbons (Fsp3) is 0.800. The minimum Gasteiger partial charge on any atom is -0.452 e. The molecule has 0 aromatic heterocycles. The molecule has 1 rings (SSSR count). The normalized spacial score (nSPS) is 28.4. The molecule has 0 bridgehead atoms. The van der Waals surface area contributed by atoms with Gasteiger partial charge in [0.1, 0.15) is 0 Å². The van der Waals surface area contributed by atoms with Crippen molar-refractivity contribution in [3.63, 3.8) is 0 Å². The largest absolute Gasteiger partial charge is 0.452 e. The maximum atomic E-state index is 12.0. The molecular formula is C15H24O2. The highest BCUT2D eigenvalue weighted by atomic mass is 16.5. The Morgan fingerprint density at radius 3 is 2.71 bits per heavy atom. The Balaban J connectivity index is 2.60.